The van der Waals surface area contributed by atoms with Crippen LogP contribution in [0.4, 0.5) is 0 Å². The molecule has 0 aromatic rings. The Balaban J connectivity index is 1.45. The van der Waals surface area contributed by atoms with Gasteiger partial charge in [0.25, 0.3) is 0 Å². The third-order valence-corrected chi connectivity index (χ3v) is 7.18. The summed E-state index contributed by atoms with van der Waals surface area (Å²) in [5.41, 5.74) is -0.218. The Morgan fingerprint density at radius 3 is 2.23 bits per heavy atom. The molecule has 0 aromatic carbocycles. The normalized spacial score (nSPS) is 39.0. The first-order valence-corrected chi connectivity index (χ1v) is 10.2. The predicted molar refractivity (Wildman–Crippen MR) is 95.2 cm³/mol. The third-order valence-electron chi connectivity index (χ3n) is 7.18. The molecule has 5 fully saturated rings. The number of nitrogens with zero attached hydrogens (tertiary/aromatic N) is 1. The topological polar surface area (TPSA) is 86.7 Å². The molecular weight excluding hydrogens is 332 g/mol. The van der Waals surface area contributed by atoms with Crippen molar-refractivity contribution in [3.8, 4) is 0 Å². The molecule has 2 amide bonds. The van der Waals surface area contributed by atoms with E-state index in [0.717, 1.165) is 25.7 Å². The fourth-order valence-corrected chi connectivity index (χ4v) is 6.61. The van der Waals surface area contributed by atoms with Crippen LogP contribution < -0.4 is 5.32 Å². The average molecular weight is 362 g/mol. The highest BCUT2D eigenvalue weighted by Crippen LogP contribution is 2.60. The lowest BCUT2D eigenvalue weighted by atomic mass is 9.49. The number of rotatable bonds is 5. The lowest BCUT2D eigenvalue weighted by Gasteiger charge is -2.56. The highest BCUT2D eigenvalue weighted by atomic mass is 16.4. The number of nitrogens with one attached hydrogen (secondary N) is 1. The van der Waals surface area contributed by atoms with Crippen LogP contribution in [-0.4, -0.2) is 46.4 Å². The number of carbonyl (C=O) groups excluding carboxylic acids is 2. The van der Waals surface area contributed by atoms with Gasteiger partial charge in [-0.1, -0.05) is 0 Å². The Hall–Kier alpha value is -1.59. The van der Waals surface area contributed by atoms with Crippen LogP contribution >= 0.6 is 0 Å². The van der Waals surface area contributed by atoms with E-state index in [9.17, 15) is 14.4 Å². The van der Waals surface area contributed by atoms with E-state index in [-0.39, 0.29) is 23.7 Å². The summed E-state index contributed by atoms with van der Waals surface area (Å²) in [4.78, 5) is 38.9. The number of hydrogen-bond acceptors (Lipinski definition) is 3. The lowest BCUT2D eigenvalue weighted by Crippen LogP contribution is -2.57. The Kier molecular flexibility index (Phi) is 4.48. The van der Waals surface area contributed by atoms with Gasteiger partial charge in [-0.3, -0.25) is 14.4 Å². The van der Waals surface area contributed by atoms with E-state index in [1.807, 2.05) is 4.90 Å². The summed E-state index contributed by atoms with van der Waals surface area (Å²) in [7, 11) is 0. The van der Waals surface area contributed by atoms with E-state index in [4.69, 9.17) is 5.11 Å². The van der Waals surface area contributed by atoms with Crippen molar-refractivity contribution < 1.29 is 19.5 Å². The summed E-state index contributed by atoms with van der Waals surface area (Å²) in [6, 6.07) is -0.844. The molecule has 1 saturated heterocycles. The molecule has 4 bridgehead atoms. The van der Waals surface area contributed by atoms with Crippen LogP contribution in [0.5, 0.6) is 0 Å². The summed E-state index contributed by atoms with van der Waals surface area (Å²) in [5.74, 6) is 1.21. The highest BCUT2D eigenvalue weighted by molar-refractivity contribution is 5.91. The molecule has 0 radical (unpaired) electrons. The zero-order valence-electron chi connectivity index (χ0n) is 15.6. The van der Waals surface area contributed by atoms with Gasteiger partial charge in [0, 0.05) is 12.6 Å². The van der Waals surface area contributed by atoms with Crippen molar-refractivity contribution in [1.82, 2.24) is 10.2 Å². The van der Waals surface area contributed by atoms with Crippen molar-refractivity contribution in [2.24, 2.45) is 23.2 Å². The molecule has 2 unspecified atom stereocenters. The number of carboxylic acids is 1. The van der Waals surface area contributed by atoms with Crippen LogP contribution in [0.25, 0.3) is 0 Å². The van der Waals surface area contributed by atoms with E-state index in [1.54, 1.807) is 6.92 Å². The molecule has 2 N–H and O–H groups in total. The van der Waals surface area contributed by atoms with Crippen LogP contribution in [0.1, 0.15) is 64.7 Å². The largest absolute Gasteiger partial charge is 0.481 e. The number of carboxylic acid groups (broad SMARTS) is 1. The Bertz CT molecular complexity index is 582. The van der Waals surface area contributed by atoms with Gasteiger partial charge in [-0.25, -0.2) is 0 Å². The van der Waals surface area contributed by atoms with Crippen molar-refractivity contribution in [2.75, 3.05) is 6.54 Å². The van der Waals surface area contributed by atoms with Gasteiger partial charge in [0.1, 0.15) is 6.04 Å². The van der Waals surface area contributed by atoms with Crippen molar-refractivity contribution in [1.29, 1.82) is 0 Å². The van der Waals surface area contributed by atoms with Gasteiger partial charge < -0.3 is 15.3 Å². The Morgan fingerprint density at radius 1 is 1.12 bits per heavy atom. The molecule has 1 aliphatic heterocycles. The zero-order valence-corrected chi connectivity index (χ0v) is 15.6. The fraction of sp³-hybridized carbons (Fsp3) is 0.850. The maximum atomic E-state index is 13.5. The molecule has 5 aliphatic rings. The molecule has 2 atom stereocenters. The van der Waals surface area contributed by atoms with E-state index in [0.29, 0.717) is 30.7 Å². The van der Waals surface area contributed by atoms with Gasteiger partial charge >= 0.3 is 5.97 Å². The molecule has 0 aromatic heterocycles. The first-order chi connectivity index (χ1) is 12.4. The minimum Gasteiger partial charge on any atom is -0.481 e. The number of amides is 2. The van der Waals surface area contributed by atoms with Crippen LogP contribution in [0.3, 0.4) is 0 Å². The van der Waals surface area contributed by atoms with E-state index in [2.05, 4.69) is 5.32 Å². The smallest absolute Gasteiger partial charge is 0.305 e. The van der Waals surface area contributed by atoms with Gasteiger partial charge in [-0.15, -0.1) is 0 Å². The average Bonchev–Trinajstić information content (AvgIpc) is 3.01. The van der Waals surface area contributed by atoms with Crippen molar-refractivity contribution in [3.05, 3.63) is 0 Å². The zero-order chi connectivity index (χ0) is 18.5. The van der Waals surface area contributed by atoms with Crippen LogP contribution in [-0.2, 0) is 14.4 Å². The summed E-state index contributed by atoms with van der Waals surface area (Å²) < 4.78 is 0. The lowest BCUT2D eigenvalue weighted by molar-refractivity contribution is -0.160. The molecule has 4 saturated carbocycles. The molecule has 1 heterocycles. The molecule has 4 aliphatic carbocycles. The summed E-state index contributed by atoms with van der Waals surface area (Å²) >= 11 is 0. The van der Waals surface area contributed by atoms with Crippen molar-refractivity contribution >= 4 is 17.8 Å². The second-order valence-corrected chi connectivity index (χ2v) is 9.36. The maximum absolute atomic E-state index is 13.5. The van der Waals surface area contributed by atoms with E-state index < -0.39 is 18.1 Å². The van der Waals surface area contributed by atoms with Crippen LogP contribution in [0, 0.1) is 23.2 Å². The summed E-state index contributed by atoms with van der Waals surface area (Å²) in [6.45, 7) is 2.36. The minimum atomic E-state index is -0.925. The standard InChI is InChI=1S/C20H30N2O4/c1-12(5-17(23)24)21-18(25)16-3-2-4-22(16)19(26)20-9-13-6-14(10-20)8-15(7-13)11-20/h12-16H,2-11H2,1H3,(H,21,25)(H,23,24). The van der Waals surface area contributed by atoms with Gasteiger partial charge in [-0.05, 0) is 76.0 Å². The van der Waals surface area contributed by atoms with Crippen molar-refractivity contribution in [2.45, 2.75) is 76.8 Å². The highest BCUT2D eigenvalue weighted by Gasteiger charge is 2.56. The van der Waals surface area contributed by atoms with Gasteiger partial charge in [0.15, 0.2) is 0 Å². The minimum absolute atomic E-state index is 0.0958. The first-order valence-electron chi connectivity index (χ1n) is 10.2. The number of likely N-dealkylation sites (tertiary alicyclic amines) is 1. The number of carbonyl (C=O) groups is 3. The predicted octanol–water partition coefficient (Wildman–Crippen LogP) is 2.17. The SMILES string of the molecule is CC(CC(=O)O)NC(=O)C1CCCN1C(=O)C12CC3CC(CC(C3)C1)C2. The third kappa shape index (κ3) is 3.12. The van der Waals surface area contributed by atoms with E-state index >= 15 is 0 Å². The van der Waals surface area contributed by atoms with Crippen molar-refractivity contribution in [3.63, 3.8) is 0 Å². The number of aliphatic carboxylic acids is 1. The van der Waals surface area contributed by atoms with Crippen LogP contribution in [0.2, 0.25) is 0 Å². The molecule has 6 heteroatoms. The van der Waals surface area contributed by atoms with Gasteiger partial charge in [0.2, 0.25) is 11.8 Å². The quantitative estimate of drug-likeness (QED) is 0.785. The summed E-state index contributed by atoms with van der Waals surface area (Å²) in [5, 5.41) is 11.7. The second-order valence-electron chi connectivity index (χ2n) is 9.36. The van der Waals surface area contributed by atoms with E-state index in [1.165, 1.54) is 19.3 Å². The molecule has 5 rings (SSSR count). The Labute approximate surface area is 154 Å². The Morgan fingerprint density at radius 2 is 1.69 bits per heavy atom. The van der Waals surface area contributed by atoms with Crippen LogP contribution in [0.15, 0.2) is 0 Å². The molecule has 144 valence electrons. The second kappa shape index (κ2) is 6.54. The molecule has 0 spiro atoms. The van der Waals surface area contributed by atoms with Gasteiger partial charge in [-0.2, -0.15) is 0 Å². The molecule has 6 nitrogen and oxygen atoms in total. The monoisotopic (exact) mass is 362 g/mol. The fourth-order valence-electron chi connectivity index (χ4n) is 6.61. The molecule has 26 heavy (non-hydrogen) atoms. The molecular formula is C20H30N2O4. The number of hydrogen-bond donors (Lipinski definition) is 2. The summed E-state index contributed by atoms with van der Waals surface area (Å²) in [6.07, 6.45) is 8.36. The first kappa shape index (κ1) is 17.8. The maximum Gasteiger partial charge on any atom is 0.305 e. The van der Waals surface area contributed by atoms with Gasteiger partial charge in [0.05, 0.1) is 11.8 Å².